The average Bonchev–Trinajstić information content (AvgIpc) is 3.02. The highest BCUT2D eigenvalue weighted by molar-refractivity contribution is 7.80. The van der Waals surface area contributed by atoms with Crippen LogP contribution >= 0.6 is 12.2 Å². The van der Waals surface area contributed by atoms with Crippen LogP contribution in [0.1, 0.15) is 28.1 Å². The van der Waals surface area contributed by atoms with Gasteiger partial charge in [0.1, 0.15) is 0 Å². The Morgan fingerprint density at radius 2 is 1.61 bits per heavy atom. The molecule has 6 heteroatoms. The van der Waals surface area contributed by atoms with Gasteiger partial charge in [0.15, 0.2) is 5.11 Å². The maximum Gasteiger partial charge on any atom is 0.173 e. The van der Waals surface area contributed by atoms with Crippen LogP contribution in [0.25, 0.3) is 0 Å². The summed E-state index contributed by atoms with van der Waals surface area (Å²) in [5.41, 5.74) is 7.07. The SMILES string of the molecule is Cc1cccc(CN2CCN(C(=S)Nc3c(C)nn(Cc4ccccc4)c3C)CC2)c1. The first-order chi connectivity index (χ1) is 15.0. The summed E-state index contributed by atoms with van der Waals surface area (Å²) in [5, 5.41) is 9.01. The number of rotatable bonds is 5. The summed E-state index contributed by atoms with van der Waals surface area (Å²) in [6, 6.07) is 19.2. The van der Waals surface area contributed by atoms with E-state index in [0.717, 1.165) is 61.5 Å². The standard InChI is InChI=1S/C25H31N5S/c1-19-8-7-11-23(16-19)17-28-12-14-29(15-13-28)25(31)26-24-20(2)27-30(21(24)3)18-22-9-5-4-6-10-22/h4-11,16H,12-15,17-18H2,1-3H3,(H,26,31). The third kappa shape index (κ3) is 5.32. The van der Waals surface area contributed by atoms with Gasteiger partial charge in [0.25, 0.3) is 0 Å². The quantitative estimate of drug-likeness (QED) is 0.605. The summed E-state index contributed by atoms with van der Waals surface area (Å²) in [5.74, 6) is 0. The Hall–Kier alpha value is -2.70. The molecule has 0 unspecified atom stereocenters. The van der Waals surface area contributed by atoms with Crippen molar-refractivity contribution in [3.63, 3.8) is 0 Å². The zero-order valence-corrected chi connectivity index (χ0v) is 19.5. The number of nitrogens with zero attached hydrogens (tertiary/aromatic N) is 4. The van der Waals surface area contributed by atoms with E-state index in [1.807, 2.05) is 13.0 Å². The van der Waals surface area contributed by atoms with Crippen molar-refractivity contribution < 1.29 is 0 Å². The molecular weight excluding hydrogens is 402 g/mol. The number of piperazine rings is 1. The van der Waals surface area contributed by atoms with E-state index in [0.29, 0.717) is 0 Å². The topological polar surface area (TPSA) is 36.3 Å². The minimum absolute atomic E-state index is 0.763. The molecule has 1 fully saturated rings. The predicted molar refractivity (Wildman–Crippen MR) is 131 cm³/mol. The maximum atomic E-state index is 5.76. The summed E-state index contributed by atoms with van der Waals surface area (Å²) in [4.78, 5) is 4.78. The molecule has 31 heavy (non-hydrogen) atoms. The van der Waals surface area contributed by atoms with Gasteiger partial charge in [0.05, 0.1) is 23.6 Å². The van der Waals surface area contributed by atoms with Crippen LogP contribution < -0.4 is 5.32 Å². The van der Waals surface area contributed by atoms with E-state index in [9.17, 15) is 0 Å². The second kappa shape index (κ2) is 9.62. The van der Waals surface area contributed by atoms with Crippen LogP contribution in [-0.2, 0) is 13.1 Å². The predicted octanol–water partition coefficient (Wildman–Crippen LogP) is 4.37. The molecular formula is C25H31N5S. The molecule has 1 aromatic heterocycles. The summed E-state index contributed by atoms with van der Waals surface area (Å²) in [6.45, 7) is 12.0. The maximum absolute atomic E-state index is 5.76. The molecule has 0 saturated carbocycles. The first-order valence-corrected chi connectivity index (χ1v) is 11.3. The molecule has 3 aromatic rings. The molecule has 1 aliphatic heterocycles. The van der Waals surface area contributed by atoms with E-state index in [1.165, 1.54) is 16.7 Å². The van der Waals surface area contributed by atoms with Crippen molar-refractivity contribution in [2.45, 2.75) is 33.9 Å². The van der Waals surface area contributed by atoms with Crippen LogP contribution in [0.15, 0.2) is 54.6 Å². The molecule has 2 heterocycles. The van der Waals surface area contributed by atoms with Crippen molar-refractivity contribution in [1.29, 1.82) is 0 Å². The highest BCUT2D eigenvalue weighted by atomic mass is 32.1. The Labute approximate surface area is 190 Å². The van der Waals surface area contributed by atoms with Crippen LogP contribution in [0.2, 0.25) is 0 Å². The molecule has 0 radical (unpaired) electrons. The number of nitrogens with one attached hydrogen (secondary N) is 1. The van der Waals surface area contributed by atoms with Crippen molar-refractivity contribution in [1.82, 2.24) is 19.6 Å². The third-order valence-electron chi connectivity index (χ3n) is 5.94. The second-order valence-electron chi connectivity index (χ2n) is 8.37. The Morgan fingerprint density at radius 3 is 2.32 bits per heavy atom. The highest BCUT2D eigenvalue weighted by Gasteiger charge is 2.21. The fourth-order valence-electron chi connectivity index (χ4n) is 4.15. The van der Waals surface area contributed by atoms with E-state index in [-0.39, 0.29) is 0 Å². The Morgan fingerprint density at radius 1 is 0.903 bits per heavy atom. The summed E-state index contributed by atoms with van der Waals surface area (Å²) >= 11 is 5.76. The zero-order chi connectivity index (χ0) is 21.8. The van der Waals surface area contributed by atoms with E-state index in [1.54, 1.807) is 0 Å². The molecule has 0 aliphatic carbocycles. The van der Waals surface area contributed by atoms with Crippen molar-refractivity contribution >= 4 is 23.0 Å². The van der Waals surface area contributed by atoms with Crippen molar-refractivity contribution in [3.05, 3.63) is 82.7 Å². The average molecular weight is 434 g/mol. The number of hydrogen-bond donors (Lipinski definition) is 1. The lowest BCUT2D eigenvalue weighted by molar-refractivity contribution is 0.177. The first-order valence-electron chi connectivity index (χ1n) is 10.9. The van der Waals surface area contributed by atoms with E-state index in [2.05, 4.69) is 82.2 Å². The van der Waals surface area contributed by atoms with Gasteiger partial charge < -0.3 is 10.2 Å². The molecule has 1 N–H and O–H groups in total. The molecule has 0 spiro atoms. The van der Waals surface area contributed by atoms with Crippen LogP contribution in [0.4, 0.5) is 5.69 Å². The van der Waals surface area contributed by atoms with Gasteiger partial charge in [0.2, 0.25) is 0 Å². The number of benzene rings is 2. The molecule has 0 bridgehead atoms. The van der Waals surface area contributed by atoms with Crippen molar-refractivity contribution in [3.8, 4) is 0 Å². The molecule has 0 atom stereocenters. The molecule has 4 rings (SSSR count). The van der Waals surface area contributed by atoms with Gasteiger partial charge in [0, 0.05) is 32.7 Å². The Bertz CT molecular complexity index is 1040. The lowest BCUT2D eigenvalue weighted by Crippen LogP contribution is -2.49. The number of hydrogen-bond acceptors (Lipinski definition) is 3. The van der Waals surface area contributed by atoms with Crippen molar-refractivity contribution in [2.24, 2.45) is 0 Å². The van der Waals surface area contributed by atoms with E-state index >= 15 is 0 Å². The first kappa shape index (κ1) is 21.5. The largest absolute Gasteiger partial charge is 0.346 e. The van der Waals surface area contributed by atoms with Gasteiger partial charge in [-0.25, -0.2) is 0 Å². The second-order valence-corrected chi connectivity index (χ2v) is 8.76. The van der Waals surface area contributed by atoms with Crippen LogP contribution in [0.3, 0.4) is 0 Å². The molecule has 5 nitrogen and oxygen atoms in total. The molecule has 2 aromatic carbocycles. The summed E-state index contributed by atoms with van der Waals surface area (Å²) in [7, 11) is 0. The van der Waals surface area contributed by atoms with Gasteiger partial charge in [-0.1, -0.05) is 60.2 Å². The van der Waals surface area contributed by atoms with Gasteiger partial charge >= 0.3 is 0 Å². The van der Waals surface area contributed by atoms with Gasteiger partial charge in [-0.05, 0) is 44.1 Å². The number of anilines is 1. The minimum Gasteiger partial charge on any atom is -0.346 e. The third-order valence-corrected chi connectivity index (χ3v) is 6.30. The van der Waals surface area contributed by atoms with Gasteiger partial charge in [-0.15, -0.1) is 0 Å². The lowest BCUT2D eigenvalue weighted by Gasteiger charge is -2.36. The van der Waals surface area contributed by atoms with Crippen molar-refractivity contribution in [2.75, 3.05) is 31.5 Å². The number of thiocarbonyl (C=S) groups is 1. The molecule has 162 valence electrons. The van der Waals surface area contributed by atoms with Gasteiger partial charge in [-0.3, -0.25) is 9.58 Å². The fraction of sp³-hybridized carbons (Fsp3) is 0.360. The smallest absolute Gasteiger partial charge is 0.173 e. The fourth-order valence-corrected chi connectivity index (χ4v) is 4.44. The molecule has 1 saturated heterocycles. The van der Waals surface area contributed by atoms with Crippen LogP contribution in [-0.4, -0.2) is 50.9 Å². The molecule has 1 aliphatic rings. The number of aromatic nitrogens is 2. The van der Waals surface area contributed by atoms with Crippen LogP contribution in [0.5, 0.6) is 0 Å². The normalized spacial score (nSPS) is 14.6. The van der Waals surface area contributed by atoms with Gasteiger partial charge in [-0.2, -0.15) is 5.10 Å². The number of aryl methyl sites for hydroxylation is 2. The van der Waals surface area contributed by atoms with Crippen LogP contribution in [0, 0.1) is 20.8 Å². The minimum atomic E-state index is 0.763. The molecule has 0 amide bonds. The monoisotopic (exact) mass is 433 g/mol. The Balaban J connectivity index is 1.34. The Kier molecular flexibility index (Phi) is 6.68. The van der Waals surface area contributed by atoms with E-state index in [4.69, 9.17) is 17.3 Å². The van der Waals surface area contributed by atoms with E-state index < -0.39 is 0 Å². The summed E-state index contributed by atoms with van der Waals surface area (Å²) < 4.78 is 2.05. The summed E-state index contributed by atoms with van der Waals surface area (Å²) in [6.07, 6.45) is 0. The highest BCUT2D eigenvalue weighted by Crippen LogP contribution is 2.21. The zero-order valence-electron chi connectivity index (χ0n) is 18.6. The lowest BCUT2D eigenvalue weighted by atomic mass is 10.1.